The number of benzene rings is 4. The highest BCUT2D eigenvalue weighted by atomic mass is 16.1. The summed E-state index contributed by atoms with van der Waals surface area (Å²) in [5, 5.41) is 0. The van der Waals surface area contributed by atoms with E-state index in [0.29, 0.717) is 5.56 Å². The molecule has 0 heterocycles. The predicted octanol–water partition coefficient (Wildman–Crippen LogP) is 6.72. The maximum Gasteiger partial charge on any atom is 0.193 e. The van der Waals surface area contributed by atoms with Crippen LogP contribution in [0.2, 0.25) is 0 Å². The first-order chi connectivity index (χ1) is 15.6. The highest BCUT2D eigenvalue weighted by Crippen LogP contribution is 2.15. The summed E-state index contributed by atoms with van der Waals surface area (Å²) in [6.07, 6.45) is 1.87. The van der Waals surface area contributed by atoms with Gasteiger partial charge in [-0.15, -0.1) is 0 Å². The van der Waals surface area contributed by atoms with Crippen molar-refractivity contribution in [2.24, 2.45) is 0 Å². The maximum absolute atomic E-state index is 13.1. The Morgan fingerprint density at radius 3 is 1.88 bits per heavy atom. The molecule has 32 heavy (non-hydrogen) atoms. The fraction of sp³-hybridized carbons (Fsp3) is 0.129. The van der Waals surface area contributed by atoms with E-state index < -0.39 is 0 Å². The molecule has 0 aliphatic carbocycles. The van der Waals surface area contributed by atoms with Gasteiger partial charge in [-0.3, -0.25) is 4.79 Å². The fourth-order valence-corrected chi connectivity index (χ4v) is 3.60. The Bertz CT molecular complexity index is 1280. The van der Waals surface area contributed by atoms with Crippen LogP contribution in [0.15, 0.2) is 97.1 Å². The zero-order valence-corrected chi connectivity index (χ0v) is 18.6. The largest absolute Gasteiger partial charge is 0.289 e. The molecule has 0 aromatic heterocycles. The minimum absolute atomic E-state index is 0.0289. The number of rotatable bonds is 5. The van der Waals surface area contributed by atoms with Crippen molar-refractivity contribution in [3.63, 3.8) is 0 Å². The third-order valence-electron chi connectivity index (χ3n) is 5.54. The van der Waals surface area contributed by atoms with Crippen molar-refractivity contribution in [2.75, 3.05) is 0 Å². The lowest BCUT2D eigenvalue weighted by molar-refractivity contribution is 0.103. The van der Waals surface area contributed by atoms with Gasteiger partial charge >= 0.3 is 0 Å². The third kappa shape index (κ3) is 5.62. The zero-order valence-electron chi connectivity index (χ0n) is 18.6. The summed E-state index contributed by atoms with van der Waals surface area (Å²) >= 11 is 0. The summed E-state index contributed by atoms with van der Waals surface area (Å²) in [4.78, 5) is 13.1. The molecule has 0 saturated carbocycles. The Labute approximate surface area is 190 Å². The normalized spacial score (nSPS) is 10.3. The molecule has 0 atom stereocenters. The molecule has 156 valence electrons. The molecular formula is C31H26O. The summed E-state index contributed by atoms with van der Waals surface area (Å²) in [6.45, 7) is 4.16. The Kier molecular flexibility index (Phi) is 6.63. The molecule has 0 fully saturated rings. The molecule has 0 amide bonds. The van der Waals surface area contributed by atoms with E-state index in [1.54, 1.807) is 0 Å². The Hall–Kier alpha value is -3.89. The smallest absolute Gasteiger partial charge is 0.193 e. The average Bonchev–Trinajstić information content (AvgIpc) is 2.83. The van der Waals surface area contributed by atoms with Crippen LogP contribution in [-0.2, 0) is 12.8 Å². The zero-order chi connectivity index (χ0) is 22.3. The third-order valence-corrected chi connectivity index (χ3v) is 5.54. The van der Waals surface area contributed by atoms with E-state index in [1.165, 1.54) is 22.3 Å². The van der Waals surface area contributed by atoms with Gasteiger partial charge in [0.05, 0.1) is 0 Å². The summed E-state index contributed by atoms with van der Waals surface area (Å²) in [5.74, 6) is 6.39. The van der Waals surface area contributed by atoms with Crippen LogP contribution in [0.1, 0.15) is 49.3 Å². The monoisotopic (exact) mass is 414 g/mol. The molecule has 1 nitrogen and oxygen atoms in total. The molecule has 0 aliphatic rings. The van der Waals surface area contributed by atoms with Crippen molar-refractivity contribution >= 4 is 5.78 Å². The SMILES string of the molecule is Cc1ccc(C#Cc2cccc(C(=O)c3cccc(CCc4ccc(C)cc4)c3)c2)cc1. The predicted molar refractivity (Wildman–Crippen MR) is 132 cm³/mol. The van der Waals surface area contributed by atoms with Crippen LogP contribution in [0, 0.1) is 25.7 Å². The van der Waals surface area contributed by atoms with Crippen LogP contribution < -0.4 is 0 Å². The summed E-state index contributed by atoms with van der Waals surface area (Å²) in [6, 6.07) is 32.3. The Morgan fingerprint density at radius 2 is 1.16 bits per heavy atom. The lowest BCUT2D eigenvalue weighted by Crippen LogP contribution is -2.03. The van der Waals surface area contributed by atoms with Crippen molar-refractivity contribution in [3.05, 3.63) is 142 Å². The second-order valence-electron chi connectivity index (χ2n) is 8.21. The van der Waals surface area contributed by atoms with Crippen molar-refractivity contribution in [2.45, 2.75) is 26.7 Å². The molecule has 0 N–H and O–H groups in total. The van der Waals surface area contributed by atoms with Gasteiger partial charge in [0, 0.05) is 22.3 Å². The molecule has 0 radical (unpaired) electrons. The number of carbonyl (C=O) groups excluding carboxylic acids is 1. The lowest BCUT2D eigenvalue weighted by atomic mass is 9.97. The van der Waals surface area contributed by atoms with Gasteiger partial charge in [0.2, 0.25) is 0 Å². The Morgan fingerprint density at radius 1 is 0.594 bits per heavy atom. The van der Waals surface area contributed by atoms with Crippen LogP contribution in [-0.4, -0.2) is 5.78 Å². The van der Waals surface area contributed by atoms with Gasteiger partial charge in [-0.25, -0.2) is 0 Å². The molecule has 4 rings (SSSR count). The highest BCUT2D eigenvalue weighted by Gasteiger charge is 2.10. The van der Waals surface area contributed by atoms with E-state index in [1.807, 2.05) is 54.6 Å². The molecule has 0 spiro atoms. The highest BCUT2D eigenvalue weighted by molar-refractivity contribution is 6.09. The van der Waals surface area contributed by atoms with E-state index in [0.717, 1.165) is 29.5 Å². The van der Waals surface area contributed by atoms with Gasteiger partial charge in [0.15, 0.2) is 5.78 Å². The van der Waals surface area contributed by atoms with Gasteiger partial charge < -0.3 is 0 Å². The number of carbonyl (C=O) groups is 1. The molecule has 0 unspecified atom stereocenters. The van der Waals surface area contributed by atoms with Gasteiger partial charge in [-0.05, 0) is 68.1 Å². The number of aryl methyl sites for hydroxylation is 4. The van der Waals surface area contributed by atoms with E-state index in [4.69, 9.17) is 0 Å². The van der Waals surface area contributed by atoms with Gasteiger partial charge in [-0.2, -0.15) is 0 Å². The number of ketones is 1. The summed E-state index contributed by atoms with van der Waals surface area (Å²) in [7, 11) is 0. The van der Waals surface area contributed by atoms with Crippen LogP contribution in [0.5, 0.6) is 0 Å². The van der Waals surface area contributed by atoms with Crippen LogP contribution >= 0.6 is 0 Å². The number of hydrogen-bond donors (Lipinski definition) is 0. The maximum atomic E-state index is 13.1. The summed E-state index contributed by atoms with van der Waals surface area (Å²) in [5.41, 5.74) is 8.15. The molecule has 1 heteroatoms. The van der Waals surface area contributed by atoms with Gasteiger partial charge in [-0.1, -0.05) is 89.7 Å². The van der Waals surface area contributed by atoms with Crippen LogP contribution in [0.4, 0.5) is 0 Å². The standard InChI is InChI=1S/C31H26O/c1-23-9-13-25(14-10-23)17-19-27-5-3-7-29(21-27)31(32)30-8-4-6-28(22-30)20-18-26-15-11-24(2)12-16-26/h3-16,21-22H,17,19H2,1-2H3. The first kappa shape index (κ1) is 21.3. The number of hydrogen-bond acceptors (Lipinski definition) is 1. The van der Waals surface area contributed by atoms with Crippen LogP contribution in [0.25, 0.3) is 0 Å². The van der Waals surface area contributed by atoms with Crippen molar-refractivity contribution in [3.8, 4) is 11.8 Å². The van der Waals surface area contributed by atoms with Crippen molar-refractivity contribution in [1.82, 2.24) is 0 Å². The first-order valence-electron chi connectivity index (χ1n) is 10.9. The Balaban J connectivity index is 1.48. The minimum Gasteiger partial charge on any atom is -0.289 e. The molecule has 0 bridgehead atoms. The molecule has 4 aromatic rings. The topological polar surface area (TPSA) is 17.1 Å². The minimum atomic E-state index is 0.0289. The second kappa shape index (κ2) is 9.94. The summed E-state index contributed by atoms with van der Waals surface area (Å²) < 4.78 is 0. The second-order valence-corrected chi connectivity index (χ2v) is 8.21. The molecular weight excluding hydrogens is 388 g/mol. The average molecular weight is 415 g/mol. The first-order valence-corrected chi connectivity index (χ1v) is 10.9. The van der Waals surface area contributed by atoms with E-state index in [-0.39, 0.29) is 5.78 Å². The molecule has 4 aromatic carbocycles. The van der Waals surface area contributed by atoms with Crippen LogP contribution in [0.3, 0.4) is 0 Å². The van der Waals surface area contributed by atoms with E-state index >= 15 is 0 Å². The van der Waals surface area contributed by atoms with Crippen molar-refractivity contribution in [1.29, 1.82) is 0 Å². The fourth-order valence-electron chi connectivity index (χ4n) is 3.60. The molecule has 0 aliphatic heterocycles. The quantitative estimate of drug-likeness (QED) is 0.262. The molecule has 0 saturated heterocycles. The van der Waals surface area contributed by atoms with Gasteiger partial charge in [0.25, 0.3) is 0 Å². The lowest BCUT2D eigenvalue weighted by Gasteiger charge is -2.06. The van der Waals surface area contributed by atoms with E-state index in [9.17, 15) is 4.79 Å². The van der Waals surface area contributed by atoms with Gasteiger partial charge in [0.1, 0.15) is 0 Å². The van der Waals surface area contributed by atoms with E-state index in [2.05, 4.69) is 68.2 Å². The van der Waals surface area contributed by atoms with Crippen molar-refractivity contribution < 1.29 is 4.79 Å².